The molecule has 0 aliphatic carbocycles. The fourth-order valence-corrected chi connectivity index (χ4v) is 0.526. The molecule has 0 bridgehead atoms. The Hall–Kier alpha value is -1.19. The van der Waals surface area contributed by atoms with Crippen molar-refractivity contribution < 1.29 is 13.2 Å². The summed E-state index contributed by atoms with van der Waals surface area (Å²) in [6, 6.07) is 1.56. The molecule has 0 aliphatic heterocycles. The van der Waals surface area contributed by atoms with Gasteiger partial charge in [-0.15, -0.1) is 0 Å². The molecule has 1 aromatic rings. The molecule has 1 radical (unpaired) electrons. The van der Waals surface area contributed by atoms with Gasteiger partial charge in [-0.2, -0.15) is 0 Å². The summed E-state index contributed by atoms with van der Waals surface area (Å²) in [7, 11) is 0. The van der Waals surface area contributed by atoms with Gasteiger partial charge in [0.15, 0.2) is 17.5 Å². The molecule has 0 fully saturated rings. The Kier molecular flexibility index (Phi) is 1.53. The summed E-state index contributed by atoms with van der Waals surface area (Å²) >= 11 is 0. The zero-order valence-corrected chi connectivity index (χ0v) is 4.79. The lowest BCUT2D eigenvalue weighted by molar-refractivity contribution is 0.448. The average molecular weight is 146 g/mol. The third kappa shape index (κ3) is 0.920. The van der Waals surface area contributed by atoms with Crippen molar-refractivity contribution >= 4 is 5.69 Å². The van der Waals surface area contributed by atoms with E-state index in [-0.39, 0.29) is 0 Å². The fraction of sp³-hybridized carbons (Fsp3) is 0. The summed E-state index contributed by atoms with van der Waals surface area (Å²) in [6.45, 7) is 0. The second-order valence-electron chi connectivity index (χ2n) is 1.72. The second kappa shape index (κ2) is 2.21. The number of benzene rings is 1. The molecule has 0 aliphatic rings. The van der Waals surface area contributed by atoms with E-state index in [2.05, 4.69) is 0 Å². The molecule has 1 aromatic carbocycles. The van der Waals surface area contributed by atoms with E-state index in [1.54, 1.807) is 0 Å². The Balaban J connectivity index is 3.34. The number of hydrogen-bond donors (Lipinski definition) is 0. The molecule has 0 aromatic heterocycles. The van der Waals surface area contributed by atoms with Crippen molar-refractivity contribution in [3.8, 4) is 0 Å². The first-order chi connectivity index (χ1) is 4.63. The van der Waals surface area contributed by atoms with Crippen molar-refractivity contribution in [3.63, 3.8) is 0 Å². The molecule has 0 spiro atoms. The second-order valence-corrected chi connectivity index (χ2v) is 1.72. The lowest BCUT2D eigenvalue weighted by Crippen LogP contribution is -1.90. The van der Waals surface area contributed by atoms with E-state index in [1.165, 1.54) is 0 Å². The SMILES string of the molecule is [NH]c1ccc(F)c(F)c1F. The number of rotatable bonds is 0. The topological polar surface area (TPSA) is 23.8 Å². The van der Waals surface area contributed by atoms with Crippen LogP contribution in [0.4, 0.5) is 18.9 Å². The van der Waals surface area contributed by atoms with Crippen LogP contribution >= 0.6 is 0 Å². The predicted molar refractivity (Wildman–Crippen MR) is 29.1 cm³/mol. The van der Waals surface area contributed by atoms with Gasteiger partial charge in [-0.1, -0.05) is 0 Å². The molecule has 0 heterocycles. The van der Waals surface area contributed by atoms with Crippen LogP contribution in [0.2, 0.25) is 0 Å². The van der Waals surface area contributed by atoms with Crippen molar-refractivity contribution in [2.45, 2.75) is 0 Å². The summed E-state index contributed by atoms with van der Waals surface area (Å²) in [6.07, 6.45) is 0. The number of hydrogen-bond acceptors (Lipinski definition) is 0. The monoisotopic (exact) mass is 146 g/mol. The Labute approximate surface area is 55.3 Å². The van der Waals surface area contributed by atoms with Gasteiger partial charge >= 0.3 is 0 Å². The number of halogens is 3. The third-order valence-corrected chi connectivity index (χ3v) is 1.04. The minimum absolute atomic E-state index is 0.640. The highest BCUT2D eigenvalue weighted by molar-refractivity contribution is 5.35. The normalized spacial score (nSPS) is 9.90. The summed E-state index contributed by atoms with van der Waals surface area (Å²) in [5.41, 5.74) is 6.04. The quantitative estimate of drug-likeness (QED) is 0.500. The van der Waals surface area contributed by atoms with Crippen LogP contribution in [-0.2, 0) is 0 Å². The van der Waals surface area contributed by atoms with Crippen LogP contribution in [-0.4, -0.2) is 0 Å². The van der Waals surface area contributed by atoms with Gasteiger partial charge in [0.25, 0.3) is 0 Å². The van der Waals surface area contributed by atoms with E-state index in [9.17, 15) is 13.2 Å². The van der Waals surface area contributed by atoms with Gasteiger partial charge in [-0.25, -0.2) is 13.2 Å². The van der Waals surface area contributed by atoms with Crippen molar-refractivity contribution in [1.29, 1.82) is 0 Å². The van der Waals surface area contributed by atoms with Gasteiger partial charge in [-0.3, -0.25) is 5.73 Å². The summed E-state index contributed by atoms with van der Waals surface area (Å²) in [5.74, 6) is -4.30. The standard InChI is InChI=1S/C6H3F3N/c7-3-1-2-4(10)6(9)5(3)8/h1-2,10H. The van der Waals surface area contributed by atoms with Gasteiger partial charge in [0.2, 0.25) is 0 Å². The third-order valence-electron chi connectivity index (χ3n) is 1.04. The van der Waals surface area contributed by atoms with Gasteiger partial charge in [0, 0.05) is 0 Å². The number of nitrogens with one attached hydrogen (secondary N) is 1. The molecule has 1 nitrogen and oxygen atoms in total. The molecule has 0 atom stereocenters. The van der Waals surface area contributed by atoms with Crippen LogP contribution in [0.3, 0.4) is 0 Å². The molecular weight excluding hydrogens is 143 g/mol. The minimum atomic E-state index is -1.59. The van der Waals surface area contributed by atoms with E-state index < -0.39 is 23.1 Å². The average Bonchev–Trinajstić information content (AvgIpc) is 1.93. The predicted octanol–water partition coefficient (Wildman–Crippen LogP) is 2.02. The van der Waals surface area contributed by atoms with Crippen LogP contribution in [0.1, 0.15) is 0 Å². The molecule has 4 heteroatoms. The van der Waals surface area contributed by atoms with Crippen LogP contribution in [0.25, 0.3) is 0 Å². The Morgan fingerprint density at radius 1 is 1.00 bits per heavy atom. The Bertz CT molecular complexity index is 232. The zero-order valence-electron chi connectivity index (χ0n) is 4.79. The van der Waals surface area contributed by atoms with E-state index >= 15 is 0 Å². The molecule has 0 amide bonds. The van der Waals surface area contributed by atoms with E-state index in [0.29, 0.717) is 6.07 Å². The van der Waals surface area contributed by atoms with E-state index in [0.717, 1.165) is 6.07 Å². The van der Waals surface area contributed by atoms with Crippen LogP contribution in [0.15, 0.2) is 12.1 Å². The molecule has 1 rings (SSSR count). The largest absolute Gasteiger partial charge is 0.298 e. The maximum absolute atomic E-state index is 12.2. The van der Waals surface area contributed by atoms with Crippen molar-refractivity contribution in [1.82, 2.24) is 5.73 Å². The lowest BCUT2D eigenvalue weighted by Gasteiger charge is -1.95. The summed E-state index contributed by atoms with van der Waals surface area (Å²) in [4.78, 5) is 0. The molecule has 0 saturated heterocycles. The van der Waals surface area contributed by atoms with Crippen LogP contribution < -0.4 is 5.73 Å². The first-order valence-electron chi connectivity index (χ1n) is 2.48. The highest BCUT2D eigenvalue weighted by Gasteiger charge is 2.10. The summed E-state index contributed by atoms with van der Waals surface area (Å²) < 4.78 is 36.4. The van der Waals surface area contributed by atoms with Crippen LogP contribution in [0, 0.1) is 17.5 Å². The van der Waals surface area contributed by atoms with Crippen molar-refractivity contribution in [3.05, 3.63) is 29.6 Å². The molecular formula is C6H3F3N. The molecule has 53 valence electrons. The maximum atomic E-state index is 12.2. The zero-order chi connectivity index (χ0) is 7.72. The van der Waals surface area contributed by atoms with Gasteiger partial charge in [0.05, 0.1) is 5.69 Å². The molecule has 0 unspecified atom stereocenters. The fourth-order valence-electron chi connectivity index (χ4n) is 0.526. The Morgan fingerprint density at radius 3 is 2.10 bits per heavy atom. The lowest BCUT2D eigenvalue weighted by atomic mass is 10.3. The van der Waals surface area contributed by atoms with E-state index in [1.807, 2.05) is 0 Å². The van der Waals surface area contributed by atoms with E-state index in [4.69, 9.17) is 5.73 Å². The smallest absolute Gasteiger partial charge is 0.196 e. The summed E-state index contributed by atoms with van der Waals surface area (Å²) in [5, 5.41) is 0. The van der Waals surface area contributed by atoms with Gasteiger partial charge < -0.3 is 0 Å². The van der Waals surface area contributed by atoms with Crippen LogP contribution in [0.5, 0.6) is 0 Å². The first-order valence-corrected chi connectivity index (χ1v) is 2.48. The van der Waals surface area contributed by atoms with Gasteiger partial charge in [-0.05, 0) is 12.1 Å². The highest BCUT2D eigenvalue weighted by Crippen LogP contribution is 2.16. The Morgan fingerprint density at radius 2 is 1.60 bits per heavy atom. The maximum Gasteiger partial charge on any atom is 0.196 e. The minimum Gasteiger partial charge on any atom is -0.298 e. The van der Waals surface area contributed by atoms with Crippen molar-refractivity contribution in [2.24, 2.45) is 0 Å². The first kappa shape index (κ1) is 6.92. The molecule has 10 heavy (non-hydrogen) atoms. The van der Waals surface area contributed by atoms with Gasteiger partial charge in [0.1, 0.15) is 0 Å². The molecule has 0 saturated carbocycles. The van der Waals surface area contributed by atoms with Crippen molar-refractivity contribution in [2.75, 3.05) is 0 Å². The highest BCUT2D eigenvalue weighted by atomic mass is 19.2. The molecule has 1 N–H and O–H groups in total.